The van der Waals surface area contributed by atoms with Crippen molar-refractivity contribution in [3.8, 4) is 5.88 Å². The molecule has 0 aliphatic rings. The van der Waals surface area contributed by atoms with Crippen molar-refractivity contribution in [2.45, 2.75) is 27.2 Å². The Morgan fingerprint density at radius 1 is 1.37 bits per heavy atom. The molecule has 0 aromatic carbocycles. The molecular formula is C13H21N3O3. The van der Waals surface area contributed by atoms with Gasteiger partial charge in [0.25, 0.3) is 0 Å². The van der Waals surface area contributed by atoms with Gasteiger partial charge in [0, 0.05) is 13.1 Å². The molecule has 1 heterocycles. The van der Waals surface area contributed by atoms with Crippen LogP contribution in [0.4, 0.5) is 5.82 Å². The van der Waals surface area contributed by atoms with E-state index >= 15 is 0 Å². The maximum atomic E-state index is 11.2. The van der Waals surface area contributed by atoms with Gasteiger partial charge in [-0.2, -0.15) is 0 Å². The number of hydrogen-bond acceptors (Lipinski definition) is 6. The van der Waals surface area contributed by atoms with Crippen molar-refractivity contribution in [1.82, 2.24) is 9.97 Å². The molecule has 0 saturated carbocycles. The van der Waals surface area contributed by atoms with Gasteiger partial charge in [-0.3, -0.25) is 4.79 Å². The summed E-state index contributed by atoms with van der Waals surface area (Å²) >= 11 is 0. The van der Waals surface area contributed by atoms with E-state index in [2.05, 4.69) is 14.7 Å². The number of nitrogens with zero attached hydrogens (tertiary/aromatic N) is 3. The number of hydrogen-bond donors (Lipinski definition) is 0. The summed E-state index contributed by atoms with van der Waals surface area (Å²) in [4.78, 5) is 21.6. The third-order valence-corrected chi connectivity index (χ3v) is 2.79. The normalized spacial score (nSPS) is 10.1. The zero-order valence-electron chi connectivity index (χ0n) is 12.0. The van der Waals surface area contributed by atoms with Gasteiger partial charge in [-0.05, 0) is 20.8 Å². The van der Waals surface area contributed by atoms with Gasteiger partial charge in [0.15, 0.2) is 0 Å². The highest BCUT2D eigenvalue weighted by Gasteiger charge is 2.15. The Morgan fingerprint density at radius 2 is 2.11 bits per heavy atom. The summed E-state index contributed by atoms with van der Waals surface area (Å²) in [6.45, 7) is 7.72. The summed E-state index contributed by atoms with van der Waals surface area (Å²) in [5.74, 6) is 1.16. The highest BCUT2D eigenvalue weighted by atomic mass is 16.5. The van der Waals surface area contributed by atoms with E-state index in [1.165, 1.54) is 13.4 Å². The molecule has 0 radical (unpaired) electrons. The second-order valence-electron chi connectivity index (χ2n) is 3.97. The van der Waals surface area contributed by atoms with Gasteiger partial charge in [-0.25, -0.2) is 9.97 Å². The Labute approximate surface area is 113 Å². The highest BCUT2D eigenvalue weighted by Crippen LogP contribution is 2.23. The smallest absolute Gasteiger partial charge is 0.307 e. The lowest BCUT2D eigenvalue weighted by Crippen LogP contribution is -2.28. The van der Waals surface area contributed by atoms with Gasteiger partial charge in [-0.1, -0.05) is 0 Å². The fourth-order valence-electron chi connectivity index (χ4n) is 1.77. The Hall–Kier alpha value is -1.85. The Kier molecular flexibility index (Phi) is 6.05. The van der Waals surface area contributed by atoms with Crippen LogP contribution in [0.25, 0.3) is 0 Å². The van der Waals surface area contributed by atoms with E-state index in [0.717, 1.165) is 17.9 Å². The summed E-state index contributed by atoms with van der Waals surface area (Å²) in [6, 6.07) is 0. The molecular weight excluding hydrogens is 246 g/mol. The molecule has 6 heteroatoms. The SMILES string of the molecule is CCOc1ncnc(N(CC)CCC(=O)OC)c1C. The number of rotatable bonds is 7. The first-order valence-electron chi connectivity index (χ1n) is 6.40. The van der Waals surface area contributed by atoms with E-state index in [1.54, 1.807) is 0 Å². The van der Waals surface area contributed by atoms with Crippen LogP contribution in [0.5, 0.6) is 5.88 Å². The number of anilines is 1. The summed E-state index contributed by atoms with van der Waals surface area (Å²) in [6.07, 6.45) is 1.81. The third kappa shape index (κ3) is 4.08. The third-order valence-electron chi connectivity index (χ3n) is 2.79. The van der Waals surface area contributed by atoms with Crippen LogP contribution in [0, 0.1) is 6.92 Å². The van der Waals surface area contributed by atoms with E-state index < -0.39 is 0 Å². The van der Waals surface area contributed by atoms with Gasteiger partial charge in [0.1, 0.15) is 12.1 Å². The van der Waals surface area contributed by atoms with Gasteiger partial charge < -0.3 is 14.4 Å². The van der Waals surface area contributed by atoms with Gasteiger partial charge in [0.2, 0.25) is 5.88 Å². The molecule has 0 fully saturated rings. The number of carbonyl (C=O) groups is 1. The van der Waals surface area contributed by atoms with Crippen molar-refractivity contribution in [1.29, 1.82) is 0 Å². The van der Waals surface area contributed by atoms with Crippen molar-refractivity contribution < 1.29 is 14.3 Å². The molecule has 0 bridgehead atoms. The second-order valence-corrected chi connectivity index (χ2v) is 3.97. The van der Waals surface area contributed by atoms with Crippen LogP contribution in [0.1, 0.15) is 25.8 Å². The van der Waals surface area contributed by atoms with Crippen LogP contribution in [-0.2, 0) is 9.53 Å². The van der Waals surface area contributed by atoms with E-state index in [4.69, 9.17) is 4.74 Å². The quantitative estimate of drug-likeness (QED) is 0.699. The minimum absolute atomic E-state index is 0.227. The van der Waals surface area contributed by atoms with Gasteiger partial charge in [-0.15, -0.1) is 0 Å². The van der Waals surface area contributed by atoms with Crippen molar-refractivity contribution in [3.63, 3.8) is 0 Å². The maximum Gasteiger partial charge on any atom is 0.307 e. The van der Waals surface area contributed by atoms with E-state index in [0.29, 0.717) is 25.5 Å². The number of ether oxygens (including phenoxy) is 2. The van der Waals surface area contributed by atoms with Crippen LogP contribution in [0.3, 0.4) is 0 Å². The van der Waals surface area contributed by atoms with E-state index in [1.807, 2.05) is 25.7 Å². The topological polar surface area (TPSA) is 64.6 Å². The zero-order valence-corrected chi connectivity index (χ0v) is 12.0. The molecule has 0 atom stereocenters. The molecule has 19 heavy (non-hydrogen) atoms. The first-order chi connectivity index (χ1) is 9.13. The second kappa shape index (κ2) is 7.56. The molecule has 6 nitrogen and oxygen atoms in total. The number of aromatic nitrogens is 2. The Balaban J connectivity index is 2.85. The van der Waals surface area contributed by atoms with Crippen LogP contribution in [0.2, 0.25) is 0 Å². The standard InChI is InChI=1S/C13H21N3O3/c1-5-16(8-7-11(17)18-4)12-10(3)13(19-6-2)15-9-14-12/h9H,5-8H2,1-4H3. The molecule has 0 N–H and O–H groups in total. The molecule has 0 aliphatic carbocycles. The van der Waals surface area contributed by atoms with Crippen LogP contribution < -0.4 is 9.64 Å². The molecule has 0 saturated heterocycles. The van der Waals surface area contributed by atoms with Crippen molar-refractivity contribution in [2.75, 3.05) is 31.7 Å². The van der Waals surface area contributed by atoms with E-state index in [-0.39, 0.29) is 5.97 Å². The lowest BCUT2D eigenvalue weighted by atomic mass is 10.3. The monoisotopic (exact) mass is 267 g/mol. The Bertz CT molecular complexity index is 424. The Morgan fingerprint density at radius 3 is 2.68 bits per heavy atom. The summed E-state index contributed by atoms with van der Waals surface area (Å²) in [5.41, 5.74) is 0.885. The molecule has 1 rings (SSSR count). The molecule has 1 aromatic heterocycles. The first kappa shape index (κ1) is 15.2. The van der Waals surface area contributed by atoms with Gasteiger partial charge in [0.05, 0.1) is 25.7 Å². The molecule has 106 valence electrons. The van der Waals surface area contributed by atoms with Crippen molar-refractivity contribution in [2.24, 2.45) is 0 Å². The summed E-state index contributed by atoms with van der Waals surface area (Å²) < 4.78 is 10.1. The zero-order chi connectivity index (χ0) is 14.3. The number of esters is 1. The minimum atomic E-state index is -0.227. The van der Waals surface area contributed by atoms with Crippen molar-refractivity contribution in [3.05, 3.63) is 11.9 Å². The van der Waals surface area contributed by atoms with Crippen LogP contribution in [-0.4, -0.2) is 42.7 Å². The number of carbonyl (C=O) groups excluding carboxylic acids is 1. The fourth-order valence-corrected chi connectivity index (χ4v) is 1.77. The molecule has 0 aliphatic heterocycles. The number of methoxy groups -OCH3 is 1. The predicted octanol–water partition coefficient (Wildman–Crippen LogP) is 1.57. The molecule has 1 aromatic rings. The minimum Gasteiger partial charge on any atom is -0.478 e. The fraction of sp³-hybridized carbons (Fsp3) is 0.615. The molecule has 0 spiro atoms. The van der Waals surface area contributed by atoms with E-state index in [9.17, 15) is 4.79 Å². The first-order valence-corrected chi connectivity index (χ1v) is 6.40. The lowest BCUT2D eigenvalue weighted by Gasteiger charge is -2.23. The molecule has 0 unspecified atom stereocenters. The highest BCUT2D eigenvalue weighted by molar-refractivity contribution is 5.70. The van der Waals surface area contributed by atoms with Crippen molar-refractivity contribution >= 4 is 11.8 Å². The summed E-state index contributed by atoms with van der Waals surface area (Å²) in [5, 5.41) is 0. The average molecular weight is 267 g/mol. The van der Waals surface area contributed by atoms with Gasteiger partial charge >= 0.3 is 5.97 Å². The maximum absolute atomic E-state index is 11.2. The molecule has 0 amide bonds. The van der Waals surface area contributed by atoms with Crippen LogP contribution >= 0.6 is 0 Å². The van der Waals surface area contributed by atoms with Crippen LogP contribution in [0.15, 0.2) is 6.33 Å². The summed E-state index contributed by atoms with van der Waals surface area (Å²) in [7, 11) is 1.39. The lowest BCUT2D eigenvalue weighted by molar-refractivity contribution is -0.140. The largest absolute Gasteiger partial charge is 0.478 e. The predicted molar refractivity (Wildman–Crippen MR) is 72.5 cm³/mol. The average Bonchev–Trinajstić information content (AvgIpc) is 2.43.